The molecule has 0 amide bonds. The second-order valence-electron chi connectivity index (χ2n) is 5.49. The van der Waals surface area contributed by atoms with E-state index in [2.05, 4.69) is 13.2 Å². The molecule has 2 rings (SSSR count). The maximum absolute atomic E-state index is 12.3. The SMILES string of the molecule is C=C[C@H]1CC=CC(=O)[C@@H]1[C@H]1C(=O)C=C(C)C[C@@H]1C=C. The second kappa shape index (κ2) is 5.52. The molecule has 0 spiro atoms. The van der Waals surface area contributed by atoms with Crippen LogP contribution in [0.2, 0.25) is 0 Å². The molecule has 0 saturated carbocycles. The van der Waals surface area contributed by atoms with E-state index in [4.69, 9.17) is 0 Å². The molecule has 0 N–H and O–H groups in total. The number of carbonyl (C=O) groups excluding carboxylic acids is 2. The monoisotopic (exact) mass is 256 g/mol. The Hall–Kier alpha value is -1.70. The van der Waals surface area contributed by atoms with Crippen LogP contribution in [0.4, 0.5) is 0 Å². The van der Waals surface area contributed by atoms with Gasteiger partial charge < -0.3 is 0 Å². The molecule has 0 unspecified atom stereocenters. The first-order chi connectivity index (χ1) is 9.08. The molecule has 4 atom stereocenters. The van der Waals surface area contributed by atoms with E-state index in [-0.39, 0.29) is 35.2 Å². The quantitative estimate of drug-likeness (QED) is 0.726. The molecule has 100 valence electrons. The van der Waals surface area contributed by atoms with Gasteiger partial charge in [0.05, 0.1) is 0 Å². The van der Waals surface area contributed by atoms with Crippen molar-refractivity contribution in [1.29, 1.82) is 0 Å². The van der Waals surface area contributed by atoms with Gasteiger partial charge in [0, 0.05) is 11.8 Å². The van der Waals surface area contributed by atoms with Crippen LogP contribution in [0, 0.1) is 23.7 Å². The number of hydrogen-bond donors (Lipinski definition) is 0. The Labute approximate surface area is 114 Å². The molecule has 2 heteroatoms. The van der Waals surface area contributed by atoms with Crippen molar-refractivity contribution in [1.82, 2.24) is 0 Å². The second-order valence-corrected chi connectivity index (χ2v) is 5.49. The molecule has 0 heterocycles. The first-order valence-corrected chi connectivity index (χ1v) is 6.75. The maximum Gasteiger partial charge on any atom is 0.160 e. The smallest absolute Gasteiger partial charge is 0.160 e. The van der Waals surface area contributed by atoms with Gasteiger partial charge in [-0.05, 0) is 43.8 Å². The zero-order valence-electron chi connectivity index (χ0n) is 11.3. The minimum absolute atomic E-state index is 0.0503. The standard InChI is InChI=1S/C17H20O2/c1-4-12-7-6-8-14(18)16(12)17-13(5-2)9-11(3)10-15(17)19/h4-6,8,10,12-13,16-17H,1-2,7,9H2,3H3/t12-,13-,16+,17+/m0/s1. The van der Waals surface area contributed by atoms with E-state index in [1.54, 1.807) is 12.2 Å². The Morgan fingerprint density at radius 2 is 1.74 bits per heavy atom. The molecule has 0 saturated heterocycles. The van der Waals surface area contributed by atoms with Crippen LogP contribution in [0.1, 0.15) is 19.8 Å². The van der Waals surface area contributed by atoms with Crippen molar-refractivity contribution < 1.29 is 9.59 Å². The highest BCUT2D eigenvalue weighted by molar-refractivity contribution is 6.01. The van der Waals surface area contributed by atoms with Gasteiger partial charge in [0.15, 0.2) is 11.6 Å². The predicted molar refractivity (Wildman–Crippen MR) is 76.5 cm³/mol. The Morgan fingerprint density at radius 1 is 1.11 bits per heavy atom. The molecule has 0 radical (unpaired) electrons. The lowest BCUT2D eigenvalue weighted by Gasteiger charge is -2.36. The zero-order valence-corrected chi connectivity index (χ0v) is 11.3. The Bertz CT molecular complexity index is 481. The van der Waals surface area contributed by atoms with Gasteiger partial charge in [-0.1, -0.05) is 23.8 Å². The molecule has 0 aromatic rings. The largest absolute Gasteiger partial charge is 0.295 e. The van der Waals surface area contributed by atoms with Crippen molar-refractivity contribution in [3.8, 4) is 0 Å². The molecule has 0 bridgehead atoms. The maximum atomic E-state index is 12.3. The highest BCUT2D eigenvalue weighted by Gasteiger charge is 2.42. The van der Waals surface area contributed by atoms with E-state index in [0.717, 1.165) is 18.4 Å². The molecule has 2 aliphatic carbocycles. The molecule has 19 heavy (non-hydrogen) atoms. The molecule has 2 nitrogen and oxygen atoms in total. The number of allylic oxidation sites excluding steroid dienone is 6. The van der Waals surface area contributed by atoms with E-state index in [0.29, 0.717) is 0 Å². The fourth-order valence-electron chi connectivity index (χ4n) is 3.28. The highest BCUT2D eigenvalue weighted by atomic mass is 16.1. The lowest BCUT2D eigenvalue weighted by atomic mass is 9.65. The summed E-state index contributed by atoms with van der Waals surface area (Å²) in [7, 11) is 0. The fourth-order valence-corrected chi connectivity index (χ4v) is 3.28. The number of hydrogen-bond acceptors (Lipinski definition) is 2. The van der Waals surface area contributed by atoms with Crippen molar-refractivity contribution in [2.75, 3.05) is 0 Å². The Morgan fingerprint density at radius 3 is 2.37 bits per heavy atom. The van der Waals surface area contributed by atoms with Gasteiger partial charge in [0.2, 0.25) is 0 Å². The summed E-state index contributed by atoms with van der Waals surface area (Å²) in [4.78, 5) is 24.6. The number of carbonyl (C=O) groups is 2. The van der Waals surface area contributed by atoms with Gasteiger partial charge in [-0.25, -0.2) is 0 Å². The minimum atomic E-state index is -0.276. The van der Waals surface area contributed by atoms with Crippen LogP contribution in [-0.2, 0) is 9.59 Å². The van der Waals surface area contributed by atoms with Gasteiger partial charge >= 0.3 is 0 Å². The highest BCUT2D eigenvalue weighted by Crippen LogP contribution is 2.40. The van der Waals surface area contributed by atoms with Crippen molar-refractivity contribution in [2.45, 2.75) is 19.8 Å². The summed E-state index contributed by atoms with van der Waals surface area (Å²) < 4.78 is 0. The fraction of sp³-hybridized carbons (Fsp3) is 0.412. The lowest BCUT2D eigenvalue weighted by molar-refractivity contribution is -0.131. The summed E-state index contributed by atoms with van der Waals surface area (Å²) >= 11 is 0. The average molecular weight is 256 g/mol. The van der Waals surface area contributed by atoms with E-state index in [1.807, 2.05) is 25.2 Å². The van der Waals surface area contributed by atoms with Crippen LogP contribution >= 0.6 is 0 Å². The van der Waals surface area contributed by atoms with Crippen molar-refractivity contribution in [3.63, 3.8) is 0 Å². The molecule has 0 aliphatic heterocycles. The molecular formula is C17H20O2. The molecule has 0 aromatic carbocycles. The topological polar surface area (TPSA) is 34.1 Å². The lowest BCUT2D eigenvalue weighted by Crippen LogP contribution is -2.40. The van der Waals surface area contributed by atoms with Crippen molar-refractivity contribution >= 4 is 11.6 Å². The van der Waals surface area contributed by atoms with Crippen molar-refractivity contribution in [2.24, 2.45) is 23.7 Å². The predicted octanol–water partition coefficient (Wildman–Crippen LogP) is 3.27. The van der Waals surface area contributed by atoms with Gasteiger partial charge in [-0.15, -0.1) is 13.2 Å². The molecular weight excluding hydrogens is 236 g/mol. The third kappa shape index (κ3) is 2.53. The van der Waals surface area contributed by atoms with E-state index < -0.39 is 0 Å². The number of rotatable bonds is 3. The average Bonchev–Trinajstić information content (AvgIpc) is 2.38. The Balaban J connectivity index is 2.39. The molecule has 0 aromatic heterocycles. The third-order valence-corrected chi connectivity index (χ3v) is 4.21. The summed E-state index contributed by atoms with van der Waals surface area (Å²) in [6.07, 6.45) is 10.4. The summed E-state index contributed by atoms with van der Waals surface area (Å²) in [5.41, 5.74) is 1.07. The van der Waals surface area contributed by atoms with E-state index >= 15 is 0 Å². The minimum Gasteiger partial charge on any atom is -0.295 e. The van der Waals surface area contributed by atoms with Gasteiger partial charge in [0.25, 0.3) is 0 Å². The van der Waals surface area contributed by atoms with Gasteiger partial charge in [-0.2, -0.15) is 0 Å². The van der Waals surface area contributed by atoms with Crippen LogP contribution in [0.5, 0.6) is 0 Å². The normalized spacial score (nSPS) is 34.9. The van der Waals surface area contributed by atoms with Crippen LogP contribution in [0.15, 0.2) is 49.1 Å². The van der Waals surface area contributed by atoms with E-state index in [9.17, 15) is 9.59 Å². The molecule has 2 aliphatic rings. The van der Waals surface area contributed by atoms with E-state index in [1.165, 1.54) is 0 Å². The van der Waals surface area contributed by atoms with Crippen LogP contribution in [0.3, 0.4) is 0 Å². The van der Waals surface area contributed by atoms with Crippen LogP contribution < -0.4 is 0 Å². The summed E-state index contributed by atoms with van der Waals surface area (Å²) in [6, 6.07) is 0. The van der Waals surface area contributed by atoms with Crippen LogP contribution in [0.25, 0.3) is 0 Å². The first-order valence-electron chi connectivity index (χ1n) is 6.75. The number of ketones is 2. The Kier molecular flexibility index (Phi) is 3.98. The summed E-state index contributed by atoms with van der Waals surface area (Å²) in [5, 5.41) is 0. The first kappa shape index (κ1) is 13.7. The summed E-state index contributed by atoms with van der Waals surface area (Å²) in [5.74, 6) is -0.325. The summed E-state index contributed by atoms with van der Waals surface area (Å²) in [6.45, 7) is 9.61. The van der Waals surface area contributed by atoms with Gasteiger partial charge in [0.1, 0.15) is 0 Å². The molecule has 0 fully saturated rings. The van der Waals surface area contributed by atoms with Crippen LogP contribution in [-0.4, -0.2) is 11.6 Å². The van der Waals surface area contributed by atoms with Gasteiger partial charge in [-0.3, -0.25) is 9.59 Å². The third-order valence-electron chi connectivity index (χ3n) is 4.21. The van der Waals surface area contributed by atoms with Crippen molar-refractivity contribution in [3.05, 3.63) is 49.1 Å². The zero-order chi connectivity index (χ0) is 14.0.